The van der Waals surface area contributed by atoms with Gasteiger partial charge in [-0.25, -0.2) is 0 Å². The lowest BCUT2D eigenvalue weighted by Gasteiger charge is -2.55. The molecule has 2 unspecified atom stereocenters. The number of anilines is 1. The zero-order valence-electron chi connectivity index (χ0n) is 14.8. The van der Waals surface area contributed by atoms with Crippen LogP contribution in [0.25, 0.3) is 0 Å². The van der Waals surface area contributed by atoms with Gasteiger partial charge in [-0.05, 0) is 37.5 Å². The number of nitrogen functional groups attached to an aromatic ring is 1. The highest BCUT2D eigenvalue weighted by molar-refractivity contribution is 5.79. The molecular weight excluding hydrogens is 288 g/mol. The SMILES string of the molecule is CCCN(C(=O)Cc1ccc(N)cc1)C1CC(OCC)C1(C)C. The third-order valence-electron chi connectivity index (χ3n) is 4.99. The van der Waals surface area contributed by atoms with Gasteiger partial charge in [0.05, 0.1) is 12.5 Å². The van der Waals surface area contributed by atoms with Crippen LogP contribution in [0.3, 0.4) is 0 Å². The van der Waals surface area contributed by atoms with Gasteiger partial charge in [-0.2, -0.15) is 0 Å². The number of hydrogen-bond acceptors (Lipinski definition) is 3. The minimum Gasteiger partial charge on any atom is -0.399 e. The van der Waals surface area contributed by atoms with Crippen LogP contribution in [0.15, 0.2) is 24.3 Å². The van der Waals surface area contributed by atoms with E-state index in [4.69, 9.17) is 10.5 Å². The highest BCUT2D eigenvalue weighted by Gasteiger charge is 2.52. The van der Waals surface area contributed by atoms with E-state index in [2.05, 4.69) is 25.7 Å². The van der Waals surface area contributed by atoms with E-state index in [1.54, 1.807) is 0 Å². The number of carbonyl (C=O) groups is 1. The van der Waals surface area contributed by atoms with Crippen molar-refractivity contribution >= 4 is 11.6 Å². The molecule has 23 heavy (non-hydrogen) atoms. The molecule has 1 amide bonds. The topological polar surface area (TPSA) is 55.6 Å². The highest BCUT2D eigenvalue weighted by Crippen LogP contribution is 2.46. The van der Waals surface area contributed by atoms with Crippen LogP contribution in [-0.2, 0) is 16.0 Å². The Kier molecular flexibility index (Phi) is 5.69. The average molecular weight is 318 g/mol. The summed E-state index contributed by atoms with van der Waals surface area (Å²) < 4.78 is 5.81. The number of hydrogen-bond donors (Lipinski definition) is 1. The van der Waals surface area contributed by atoms with Gasteiger partial charge < -0.3 is 15.4 Å². The van der Waals surface area contributed by atoms with E-state index in [-0.39, 0.29) is 23.5 Å². The van der Waals surface area contributed by atoms with Crippen molar-refractivity contribution in [2.24, 2.45) is 5.41 Å². The van der Waals surface area contributed by atoms with Crippen LogP contribution in [0.2, 0.25) is 0 Å². The molecular formula is C19H30N2O2. The van der Waals surface area contributed by atoms with E-state index < -0.39 is 0 Å². The zero-order chi connectivity index (χ0) is 17.0. The van der Waals surface area contributed by atoms with Crippen molar-refractivity contribution in [1.29, 1.82) is 0 Å². The lowest BCUT2D eigenvalue weighted by molar-refractivity contribution is -0.166. The first kappa shape index (κ1) is 17.8. The second-order valence-corrected chi connectivity index (χ2v) is 7.02. The molecule has 1 aromatic carbocycles. The molecule has 128 valence electrons. The number of nitrogens with two attached hydrogens (primary N) is 1. The minimum absolute atomic E-state index is 0.0158. The summed E-state index contributed by atoms with van der Waals surface area (Å²) in [4.78, 5) is 14.9. The quantitative estimate of drug-likeness (QED) is 0.785. The third kappa shape index (κ3) is 3.86. The summed E-state index contributed by atoms with van der Waals surface area (Å²) in [5, 5.41) is 0. The van der Waals surface area contributed by atoms with E-state index in [0.29, 0.717) is 6.42 Å². The first-order chi connectivity index (χ1) is 10.9. The first-order valence-electron chi connectivity index (χ1n) is 8.65. The van der Waals surface area contributed by atoms with E-state index in [1.807, 2.05) is 31.2 Å². The number of rotatable bonds is 7. The predicted octanol–water partition coefficient (Wildman–Crippen LogP) is 3.25. The Balaban J connectivity index is 2.06. The predicted molar refractivity (Wildman–Crippen MR) is 94.2 cm³/mol. The molecule has 1 aromatic rings. The van der Waals surface area contributed by atoms with Crippen LogP contribution >= 0.6 is 0 Å². The molecule has 0 radical (unpaired) electrons. The van der Waals surface area contributed by atoms with Crippen LogP contribution < -0.4 is 5.73 Å². The van der Waals surface area contributed by atoms with Gasteiger partial charge in [0.15, 0.2) is 0 Å². The van der Waals surface area contributed by atoms with Gasteiger partial charge in [0.25, 0.3) is 0 Å². The van der Waals surface area contributed by atoms with Crippen LogP contribution in [0.4, 0.5) is 5.69 Å². The van der Waals surface area contributed by atoms with Crippen LogP contribution in [0, 0.1) is 5.41 Å². The lowest BCUT2D eigenvalue weighted by Crippen LogP contribution is -2.63. The minimum atomic E-state index is 0.0158. The summed E-state index contributed by atoms with van der Waals surface area (Å²) in [5.41, 5.74) is 7.48. The second-order valence-electron chi connectivity index (χ2n) is 7.02. The molecule has 0 aromatic heterocycles. The van der Waals surface area contributed by atoms with E-state index >= 15 is 0 Å². The second kappa shape index (κ2) is 7.35. The standard InChI is InChI=1S/C19H30N2O2/c1-5-11-21(16-13-17(23-6-2)19(16,3)4)18(22)12-14-7-9-15(20)10-8-14/h7-10,16-17H,5-6,11-13,20H2,1-4H3. The molecule has 1 fully saturated rings. The van der Waals surface area contributed by atoms with Gasteiger partial charge >= 0.3 is 0 Å². The van der Waals surface area contributed by atoms with E-state index in [1.165, 1.54) is 0 Å². The first-order valence-corrected chi connectivity index (χ1v) is 8.65. The largest absolute Gasteiger partial charge is 0.399 e. The Morgan fingerprint density at radius 2 is 1.96 bits per heavy atom. The number of ether oxygens (including phenoxy) is 1. The van der Waals surface area contributed by atoms with Crippen molar-refractivity contribution in [2.45, 2.75) is 59.1 Å². The maximum atomic E-state index is 12.8. The van der Waals surface area contributed by atoms with Crippen molar-refractivity contribution < 1.29 is 9.53 Å². The fourth-order valence-electron chi connectivity index (χ4n) is 3.48. The van der Waals surface area contributed by atoms with E-state index in [0.717, 1.165) is 37.2 Å². The molecule has 2 N–H and O–H groups in total. The van der Waals surface area contributed by atoms with Crippen molar-refractivity contribution in [3.8, 4) is 0 Å². The van der Waals surface area contributed by atoms with Crippen LogP contribution in [-0.4, -0.2) is 36.1 Å². The summed E-state index contributed by atoms with van der Waals surface area (Å²) in [7, 11) is 0. The molecule has 2 rings (SSSR count). The number of benzene rings is 1. The smallest absolute Gasteiger partial charge is 0.227 e. The molecule has 0 heterocycles. The van der Waals surface area contributed by atoms with Gasteiger partial charge in [0, 0.05) is 30.3 Å². The maximum Gasteiger partial charge on any atom is 0.227 e. The number of carbonyl (C=O) groups excluding carboxylic acids is 1. The average Bonchev–Trinajstić information content (AvgIpc) is 2.51. The van der Waals surface area contributed by atoms with Gasteiger partial charge in [0.2, 0.25) is 5.91 Å². The molecule has 1 aliphatic carbocycles. The third-order valence-corrected chi connectivity index (χ3v) is 4.99. The van der Waals surface area contributed by atoms with Gasteiger partial charge in [-0.3, -0.25) is 4.79 Å². The van der Waals surface area contributed by atoms with Gasteiger partial charge in [-0.1, -0.05) is 32.9 Å². The Hall–Kier alpha value is -1.55. The van der Waals surface area contributed by atoms with Crippen LogP contribution in [0.1, 0.15) is 46.1 Å². The Bertz CT molecular complexity index is 525. The Morgan fingerprint density at radius 1 is 1.30 bits per heavy atom. The Morgan fingerprint density at radius 3 is 2.48 bits per heavy atom. The molecule has 4 nitrogen and oxygen atoms in total. The fourth-order valence-corrected chi connectivity index (χ4v) is 3.48. The molecule has 1 aliphatic rings. The number of nitrogens with zero attached hydrogens (tertiary/aromatic N) is 1. The summed E-state index contributed by atoms with van der Waals surface area (Å²) >= 11 is 0. The maximum absolute atomic E-state index is 12.8. The molecule has 0 saturated heterocycles. The normalized spacial score (nSPS) is 22.4. The lowest BCUT2D eigenvalue weighted by atomic mass is 9.63. The van der Waals surface area contributed by atoms with Crippen molar-refractivity contribution in [3.63, 3.8) is 0 Å². The molecule has 0 bridgehead atoms. The fraction of sp³-hybridized carbons (Fsp3) is 0.632. The van der Waals surface area contributed by atoms with E-state index in [9.17, 15) is 4.79 Å². The molecule has 0 spiro atoms. The van der Waals surface area contributed by atoms with Gasteiger partial charge in [0.1, 0.15) is 0 Å². The Labute approximate surface area is 140 Å². The summed E-state index contributed by atoms with van der Waals surface area (Å²) in [6.45, 7) is 10.1. The summed E-state index contributed by atoms with van der Waals surface area (Å²) in [5.74, 6) is 0.199. The highest BCUT2D eigenvalue weighted by atomic mass is 16.5. The molecule has 2 atom stereocenters. The van der Waals surface area contributed by atoms with Crippen molar-refractivity contribution in [3.05, 3.63) is 29.8 Å². The van der Waals surface area contributed by atoms with Crippen LogP contribution in [0.5, 0.6) is 0 Å². The molecule has 1 saturated carbocycles. The summed E-state index contributed by atoms with van der Waals surface area (Å²) in [6.07, 6.45) is 2.60. The van der Waals surface area contributed by atoms with Gasteiger partial charge in [-0.15, -0.1) is 0 Å². The van der Waals surface area contributed by atoms with Crippen molar-refractivity contribution in [1.82, 2.24) is 4.90 Å². The molecule has 4 heteroatoms. The molecule has 0 aliphatic heterocycles. The zero-order valence-corrected chi connectivity index (χ0v) is 14.8. The monoisotopic (exact) mass is 318 g/mol. The van der Waals surface area contributed by atoms with Crippen molar-refractivity contribution in [2.75, 3.05) is 18.9 Å². The summed E-state index contributed by atoms with van der Waals surface area (Å²) in [6, 6.07) is 7.84. The number of amides is 1.